The lowest BCUT2D eigenvalue weighted by Gasteiger charge is -2.15. The van der Waals surface area contributed by atoms with Crippen LogP contribution in [-0.4, -0.2) is 54.3 Å². The lowest BCUT2D eigenvalue weighted by Crippen LogP contribution is -2.29. The van der Waals surface area contributed by atoms with E-state index in [1.165, 1.54) is 15.8 Å². The number of Topliss-reactive ketones (excluding diaryl/α,β-unsaturated/α-hetero) is 1. The van der Waals surface area contributed by atoms with Crippen LogP contribution in [0.3, 0.4) is 0 Å². The molecule has 0 unspecified atom stereocenters. The SMILES string of the molecule is CN(CCC#N)C(=O)c1cnn(C)c1C(=O)Cc1ccn2cc(-c3ccccc3)nc2n1. The van der Waals surface area contributed by atoms with Gasteiger partial charge in [-0.2, -0.15) is 10.4 Å². The molecular formula is C23H21N7O2. The molecule has 9 nitrogen and oxygen atoms in total. The predicted octanol–water partition coefficient (Wildman–Crippen LogP) is 2.54. The number of aryl methyl sites for hydroxylation is 1. The van der Waals surface area contributed by atoms with Crippen LogP contribution in [0.25, 0.3) is 17.0 Å². The van der Waals surface area contributed by atoms with E-state index in [0.717, 1.165) is 11.3 Å². The number of fused-ring (bicyclic) bond motifs is 1. The minimum absolute atomic E-state index is 0.00571. The number of hydrogen-bond acceptors (Lipinski definition) is 6. The van der Waals surface area contributed by atoms with E-state index in [9.17, 15) is 9.59 Å². The largest absolute Gasteiger partial charge is 0.341 e. The molecule has 3 aromatic heterocycles. The monoisotopic (exact) mass is 427 g/mol. The second-order valence-electron chi connectivity index (χ2n) is 7.38. The van der Waals surface area contributed by atoms with Crippen LogP contribution < -0.4 is 0 Å². The molecule has 9 heteroatoms. The first-order valence-corrected chi connectivity index (χ1v) is 10.1. The Kier molecular flexibility index (Phi) is 5.77. The highest BCUT2D eigenvalue weighted by Gasteiger charge is 2.24. The molecule has 0 N–H and O–H groups in total. The number of amides is 1. The smallest absolute Gasteiger partial charge is 0.257 e. The van der Waals surface area contributed by atoms with Crippen molar-refractivity contribution >= 4 is 17.5 Å². The average Bonchev–Trinajstić information content (AvgIpc) is 3.40. The van der Waals surface area contributed by atoms with Crippen LogP contribution in [0, 0.1) is 11.3 Å². The Morgan fingerprint density at radius 2 is 1.94 bits per heavy atom. The second kappa shape index (κ2) is 8.81. The van der Waals surface area contributed by atoms with Crippen molar-refractivity contribution in [3.63, 3.8) is 0 Å². The van der Waals surface area contributed by atoms with Gasteiger partial charge in [-0.25, -0.2) is 9.97 Å². The van der Waals surface area contributed by atoms with Crippen LogP contribution in [0.1, 0.15) is 33.0 Å². The summed E-state index contributed by atoms with van der Waals surface area (Å²) < 4.78 is 3.20. The molecule has 0 spiro atoms. The minimum atomic E-state index is -0.346. The van der Waals surface area contributed by atoms with E-state index in [1.54, 1.807) is 24.6 Å². The third-order valence-corrected chi connectivity index (χ3v) is 5.13. The van der Waals surface area contributed by atoms with Gasteiger partial charge in [0.05, 0.1) is 42.1 Å². The number of aromatic nitrogens is 5. The molecule has 1 aromatic carbocycles. The molecule has 4 aromatic rings. The van der Waals surface area contributed by atoms with Gasteiger partial charge in [-0.15, -0.1) is 0 Å². The number of hydrogen-bond donors (Lipinski definition) is 0. The Labute approximate surface area is 184 Å². The summed E-state index contributed by atoms with van der Waals surface area (Å²) in [7, 11) is 3.22. The molecule has 0 aliphatic rings. The van der Waals surface area contributed by atoms with Gasteiger partial charge >= 0.3 is 0 Å². The summed E-state index contributed by atoms with van der Waals surface area (Å²) in [5, 5.41) is 12.8. The van der Waals surface area contributed by atoms with Gasteiger partial charge in [0.15, 0.2) is 5.78 Å². The molecule has 1 amide bonds. The lowest BCUT2D eigenvalue weighted by molar-refractivity contribution is 0.0791. The minimum Gasteiger partial charge on any atom is -0.341 e. The quantitative estimate of drug-likeness (QED) is 0.419. The van der Waals surface area contributed by atoms with Crippen LogP contribution in [0.4, 0.5) is 0 Å². The molecule has 0 aliphatic carbocycles. The first kappa shape index (κ1) is 20.9. The zero-order valence-corrected chi connectivity index (χ0v) is 17.8. The van der Waals surface area contributed by atoms with Gasteiger partial charge in [-0.3, -0.25) is 18.7 Å². The van der Waals surface area contributed by atoms with Crippen molar-refractivity contribution < 1.29 is 9.59 Å². The number of imidazole rings is 1. The molecule has 0 saturated carbocycles. The number of rotatable bonds is 7. The maximum Gasteiger partial charge on any atom is 0.257 e. The summed E-state index contributed by atoms with van der Waals surface area (Å²) in [6.07, 6.45) is 5.31. The number of ketones is 1. The fourth-order valence-electron chi connectivity index (χ4n) is 3.45. The Hall–Kier alpha value is -4.32. The van der Waals surface area contributed by atoms with Gasteiger partial charge in [0.2, 0.25) is 5.78 Å². The maximum absolute atomic E-state index is 13.1. The highest BCUT2D eigenvalue weighted by Crippen LogP contribution is 2.19. The maximum atomic E-state index is 13.1. The Morgan fingerprint density at radius 1 is 1.16 bits per heavy atom. The molecule has 160 valence electrons. The number of nitrogens with zero attached hydrogens (tertiary/aromatic N) is 7. The third kappa shape index (κ3) is 4.11. The summed E-state index contributed by atoms with van der Waals surface area (Å²) >= 11 is 0. The Balaban J connectivity index is 1.57. The van der Waals surface area contributed by atoms with E-state index in [4.69, 9.17) is 5.26 Å². The van der Waals surface area contributed by atoms with Gasteiger partial charge in [-0.05, 0) is 6.07 Å². The molecule has 32 heavy (non-hydrogen) atoms. The zero-order valence-electron chi connectivity index (χ0n) is 17.8. The van der Waals surface area contributed by atoms with E-state index in [1.807, 2.05) is 48.8 Å². The van der Waals surface area contributed by atoms with Gasteiger partial charge in [0.25, 0.3) is 5.91 Å². The summed E-state index contributed by atoms with van der Waals surface area (Å²) in [6, 6.07) is 13.6. The normalized spacial score (nSPS) is 10.8. The molecule has 3 heterocycles. The molecule has 0 aliphatic heterocycles. The lowest BCUT2D eigenvalue weighted by atomic mass is 10.1. The Bertz CT molecular complexity index is 1330. The molecular weight excluding hydrogens is 406 g/mol. The van der Waals surface area contributed by atoms with E-state index >= 15 is 0 Å². The van der Waals surface area contributed by atoms with Crippen LogP contribution in [0.2, 0.25) is 0 Å². The van der Waals surface area contributed by atoms with Crippen LogP contribution >= 0.6 is 0 Å². The first-order valence-electron chi connectivity index (χ1n) is 10.1. The average molecular weight is 427 g/mol. The van der Waals surface area contributed by atoms with Crippen molar-refractivity contribution in [1.29, 1.82) is 5.26 Å². The number of carbonyl (C=O) groups excluding carboxylic acids is 2. The zero-order chi connectivity index (χ0) is 22.7. The van der Waals surface area contributed by atoms with E-state index < -0.39 is 0 Å². The fraction of sp³-hybridized carbons (Fsp3) is 0.217. The van der Waals surface area contributed by atoms with Crippen molar-refractivity contribution in [2.24, 2.45) is 7.05 Å². The predicted molar refractivity (Wildman–Crippen MR) is 117 cm³/mol. The summed E-state index contributed by atoms with van der Waals surface area (Å²) in [6.45, 7) is 0.277. The summed E-state index contributed by atoms with van der Waals surface area (Å²) in [5.41, 5.74) is 2.75. The Morgan fingerprint density at radius 3 is 2.69 bits per heavy atom. The molecule has 0 fully saturated rings. The highest BCUT2D eigenvalue weighted by atomic mass is 16.2. The molecule has 4 rings (SSSR count). The molecule has 0 saturated heterocycles. The van der Waals surface area contributed by atoms with Gasteiger partial charge in [0, 0.05) is 38.6 Å². The van der Waals surface area contributed by atoms with Crippen LogP contribution in [0.5, 0.6) is 0 Å². The first-order chi connectivity index (χ1) is 15.5. The van der Waals surface area contributed by atoms with E-state index in [0.29, 0.717) is 11.5 Å². The van der Waals surface area contributed by atoms with Crippen molar-refractivity contribution in [3.8, 4) is 17.3 Å². The van der Waals surface area contributed by atoms with Gasteiger partial charge < -0.3 is 4.90 Å². The molecule has 0 radical (unpaired) electrons. The van der Waals surface area contributed by atoms with Gasteiger partial charge in [-0.1, -0.05) is 30.3 Å². The van der Waals surface area contributed by atoms with Crippen molar-refractivity contribution in [2.45, 2.75) is 12.8 Å². The van der Waals surface area contributed by atoms with Gasteiger partial charge in [0.1, 0.15) is 5.69 Å². The number of benzene rings is 1. The van der Waals surface area contributed by atoms with Crippen molar-refractivity contribution in [2.75, 3.05) is 13.6 Å². The number of carbonyl (C=O) groups is 2. The van der Waals surface area contributed by atoms with Crippen molar-refractivity contribution in [3.05, 3.63) is 71.9 Å². The van der Waals surface area contributed by atoms with E-state index in [-0.39, 0.29) is 42.3 Å². The second-order valence-corrected chi connectivity index (χ2v) is 7.38. The summed E-state index contributed by atoms with van der Waals surface area (Å²) in [4.78, 5) is 36.3. The topological polar surface area (TPSA) is 109 Å². The van der Waals surface area contributed by atoms with Crippen LogP contribution in [0.15, 0.2) is 55.0 Å². The number of nitriles is 1. The molecule has 0 atom stereocenters. The van der Waals surface area contributed by atoms with Crippen LogP contribution in [-0.2, 0) is 13.5 Å². The third-order valence-electron chi connectivity index (χ3n) is 5.13. The standard InChI is InChI=1S/C23H21N7O2/c1-28(11-6-10-24)22(32)18-14-25-29(2)21(18)20(31)13-17-9-12-30-15-19(27-23(30)26-17)16-7-4-3-5-8-16/h3-5,7-9,12,14-15H,6,11,13H2,1-2H3. The summed E-state index contributed by atoms with van der Waals surface area (Å²) in [5.74, 6) is -0.124. The molecule has 0 bridgehead atoms. The fourth-order valence-corrected chi connectivity index (χ4v) is 3.45. The van der Waals surface area contributed by atoms with E-state index in [2.05, 4.69) is 15.1 Å². The highest BCUT2D eigenvalue weighted by molar-refractivity contribution is 6.07. The van der Waals surface area contributed by atoms with Crippen molar-refractivity contribution in [1.82, 2.24) is 29.0 Å².